The molecule has 1 saturated carbocycles. The van der Waals surface area contributed by atoms with Crippen LogP contribution in [0, 0.1) is 17.8 Å². The zero-order valence-corrected chi connectivity index (χ0v) is 12.2. The zero-order chi connectivity index (χ0) is 13.7. The Morgan fingerprint density at radius 3 is 2.95 bits per heavy atom. The van der Waals surface area contributed by atoms with E-state index in [4.69, 9.17) is 5.73 Å². The van der Waals surface area contributed by atoms with Gasteiger partial charge in [-0.3, -0.25) is 0 Å². The smallest absolute Gasteiger partial charge is 0.109 e. The normalized spacial score (nSPS) is 34.2. The van der Waals surface area contributed by atoms with Gasteiger partial charge in [-0.15, -0.1) is 0 Å². The van der Waals surface area contributed by atoms with Gasteiger partial charge < -0.3 is 11.1 Å². The van der Waals surface area contributed by atoms with Crippen molar-refractivity contribution in [3.63, 3.8) is 0 Å². The van der Waals surface area contributed by atoms with Crippen molar-refractivity contribution in [1.29, 1.82) is 0 Å². The van der Waals surface area contributed by atoms with E-state index < -0.39 is 6.17 Å². The number of alkyl halides is 1. The van der Waals surface area contributed by atoms with Crippen LogP contribution in [0.2, 0.25) is 0 Å². The summed E-state index contributed by atoms with van der Waals surface area (Å²) in [6.45, 7) is 4.95. The third-order valence-corrected chi connectivity index (χ3v) is 4.65. The highest BCUT2D eigenvalue weighted by Crippen LogP contribution is 2.42. The summed E-state index contributed by atoms with van der Waals surface area (Å²) < 4.78 is 14.1. The van der Waals surface area contributed by atoms with E-state index in [1.165, 1.54) is 24.8 Å². The fourth-order valence-electron chi connectivity index (χ4n) is 3.69. The average molecular weight is 268 g/mol. The lowest BCUT2D eigenvalue weighted by Gasteiger charge is -2.38. The number of nitrogens with two attached hydrogens (primary N) is 1. The van der Waals surface area contributed by atoms with Crippen molar-refractivity contribution in [3.05, 3.63) is 11.6 Å². The third kappa shape index (κ3) is 4.28. The van der Waals surface area contributed by atoms with Crippen LogP contribution in [0.1, 0.15) is 45.4 Å². The summed E-state index contributed by atoms with van der Waals surface area (Å²) in [5.74, 6) is 1.07. The van der Waals surface area contributed by atoms with E-state index in [0.717, 1.165) is 38.9 Å². The van der Waals surface area contributed by atoms with Gasteiger partial charge in [0.05, 0.1) is 0 Å². The molecule has 0 radical (unpaired) electrons. The number of allylic oxidation sites excluding steroid dienone is 2. The first-order valence-electron chi connectivity index (χ1n) is 7.95. The van der Waals surface area contributed by atoms with Gasteiger partial charge in [-0.1, -0.05) is 25.0 Å². The van der Waals surface area contributed by atoms with E-state index in [2.05, 4.69) is 11.4 Å². The van der Waals surface area contributed by atoms with Gasteiger partial charge in [-0.25, -0.2) is 4.39 Å². The van der Waals surface area contributed by atoms with Gasteiger partial charge in [-0.05, 0) is 63.6 Å². The Balaban J connectivity index is 1.68. The number of rotatable bonds is 7. The van der Waals surface area contributed by atoms with E-state index in [-0.39, 0.29) is 11.8 Å². The fraction of sp³-hybridized carbons (Fsp3) is 0.875. The van der Waals surface area contributed by atoms with Crippen molar-refractivity contribution < 1.29 is 4.39 Å². The van der Waals surface area contributed by atoms with E-state index >= 15 is 0 Å². The minimum atomic E-state index is -0.615. The van der Waals surface area contributed by atoms with Crippen LogP contribution in [-0.4, -0.2) is 25.8 Å². The van der Waals surface area contributed by atoms with Crippen LogP contribution in [0.4, 0.5) is 4.39 Å². The number of hydrogen-bond acceptors (Lipinski definition) is 2. The van der Waals surface area contributed by atoms with Crippen LogP contribution in [0.3, 0.4) is 0 Å². The molecule has 110 valence electrons. The maximum absolute atomic E-state index is 14.1. The minimum Gasteiger partial charge on any atom is -0.330 e. The maximum atomic E-state index is 14.1. The van der Waals surface area contributed by atoms with Crippen molar-refractivity contribution in [2.45, 2.75) is 51.6 Å². The number of fused-ring (bicyclic) bond motifs is 2. The molecule has 2 nitrogen and oxygen atoms in total. The molecule has 0 spiro atoms. The van der Waals surface area contributed by atoms with Gasteiger partial charge in [0.1, 0.15) is 6.17 Å². The summed E-state index contributed by atoms with van der Waals surface area (Å²) >= 11 is 0. The van der Waals surface area contributed by atoms with Crippen molar-refractivity contribution in [3.8, 4) is 0 Å². The van der Waals surface area contributed by atoms with E-state index in [9.17, 15) is 4.39 Å². The predicted molar refractivity (Wildman–Crippen MR) is 78.7 cm³/mol. The van der Waals surface area contributed by atoms with E-state index in [0.29, 0.717) is 5.92 Å². The second kappa shape index (κ2) is 7.39. The van der Waals surface area contributed by atoms with E-state index in [1.807, 2.05) is 6.92 Å². The van der Waals surface area contributed by atoms with Gasteiger partial charge in [0.15, 0.2) is 0 Å². The molecule has 2 rings (SSSR count). The Hall–Kier alpha value is -0.410. The molecule has 0 saturated heterocycles. The first-order chi connectivity index (χ1) is 9.20. The lowest BCUT2D eigenvalue weighted by atomic mass is 9.69. The molecule has 19 heavy (non-hydrogen) atoms. The van der Waals surface area contributed by atoms with Crippen molar-refractivity contribution in [2.75, 3.05) is 19.6 Å². The number of hydrogen-bond donors (Lipinski definition) is 2. The Kier molecular flexibility index (Phi) is 5.83. The van der Waals surface area contributed by atoms with Crippen molar-refractivity contribution >= 4 is 0 Å². The summed E-state index contributed by atoms with van der Waals surface area (Å²) in [6.07, 6.45) is 8.39. The van der Waals surface area contributed by atoms with Crippen molar-refractivity contribution in [2.24, 2.45) is 23.5 Å². The Labute approximate surface area is 117 Å². The summed E-state index contributed by atoms with van der Waals surface area (Å²) in [5.41, 5.74) is 6.98. The van der Waals surface area contributed by atoms with Crippen LogP contribution in [-0.2, 0) is 0 Å². The maximum Gasteiger partial charge on any atom is 0.109 e. The Bertz CT molecular complexity index is 303. The molecule has 3 unspecified atom stereocenters. The van der Waals surface area contributed by atoms with Crippen LogP contribution in [0.15, 0.2) is 11.6 Å². The molecule has 0 heterocycles. The lowest BCUT2D eigenvalue weighted by molar-refractivity contribution is 0.124. The Morgan fingerprint density at radius 1 is 1.32 bits per heavy atom. The highest BCUT2D eigenvalue weighted by atomic mass is 19.1. The number of unbranched alkanes of at least 4 members (excludes halogenated alkanes) is 2. The van der Waals surface area contributed by atoms with Gasteiger partial charge in [0.25, 0.3) is 0 Å². The quantitative estimate of drug-likeness (QED) is 0.550. The topological polar surface area (TPSA) is 38.0 Å². The number of nitrogens with one attached hydrogen (secondary N) is 1. The molecule has 0 aromatic heterocycles. The zero-order valence-electron chi connectivity index (χ0n) is 12.2. The number of halogens is 1. The van der Waals surface area contributed by atoms with Crippen LogP contribution < -0.4 is 11.1 Å². The molecule has 0 aliphatic heterocycles. The van der Waals surface area contributed by atoms with Crippen LogP contribution in [0.25, 0.3) is 0 Å². The molecule has 0 aromatic rings. The van der Waals surface area contributed by atoms with Gasteiger partial charge in [0.2, 0.25) is 0 Å². The highest BCUT2D eigenvalue weighted by Gasteiger charge is 2.36. The first-order valence-corrected chi connectivity index (χ1v) is 7.95. The summed E-state index contributed by atoms with van der Waals surface area (Å²) in [4.78, 5) is 0. The monoisotopic (exact) mass is 268 g/mol. The largest absolute Gasteiger partial charge is 0.330 e. The van der Waals surface area contributed by atoms with Crippen molar-refractivity contribution in [1.82, 2.24) is 5.32 Å². The molecular formula is C16H29FN2. The summed E-state index contributed by atoms with van der Waals surface area (Å²) in [7, 11) is 0. The molecule has 4 atom stereocenters. The molecule has 0 amide bonds. The second-order valence-electron chi connectivity index (χ2n) is 6.45. The minimum absolute atomic E-state index is 0.138. The van der Waals surface area contributed by atoms with Crippen LogP contribution >= 0.6 is 0 Å². The summed E-state index contributed by atoms with van der Waals surface area (Å²) in [5, 5.41) is 3.54. The SMILES string of the molecule is CC1C=C2CC(CNCCCCCN)C[C@H](C2)C1F. The van der Waals surface area contributed by atoms with Gasteiger partial charge in [-0.2, -0.15) is 0 Å². The molecule has 0 aromatic carbocycles. The molecule has 2 aliphatic carbocycles. The first kappa shape index (κ1) is 15.0. The highest BCUT2D eigenvalue weighted by molar-refractivity contribution is 5.15. The fourth-order valence-corrected chi connectivity index (χ4v) is 3.69. The Morgan fingerprint density at radius 2 is 2.16 bits per heavy atom. The third-order valence-electron chi connectivity index (χ3n) is 4.65. The lowest BCUT2D eigenvalue weighted by Crippen LogP contribution is -2.36. The molecule has 3 N–H and O–H groups in total. The molecule has 1 fully saturated rings. The van der Waals surface area contributed by atoms with Gasteiger partial charge in [0, 0.05) is 5.92 Å². The predicted octanol–water partition coefficient (Wildman–Crippen LogP) is 3.04. The molecule has 2 bridgehead atoms. The molecular weight excluding hydrogens is 239 g/mol. The average Bonchev–Trinajstić information content (AvgIpc) is 2.40. The summed E-state index contributed by atoms with van der Waals surface area (Å²) in [6, 6.07) is 0. The second-order valence-corrected chi connectivity index (χ2v) is 6.45. The molecule has 2 aliphatic rings. The standard InChI is InChI=1S/C16H29FN2/c1-12-7-13-8-14(10-15(9-13)16(12)17)11-19-6-4-2-3-5-18/h7,12,14-16,19H,2-6,8-11,18H2,1H3/t12?,14?,15-,16?/m0/s1. The van der Waals surface area contributed by atoms with Crippen LogP contribution in [0.5, 0.6) is 0 Å². The van der Waals surface area contributed by atoms with Gasteiger partial charge >= 0.3 is 0 Å². The molecule has 3 heteroatoms. The van der Waals surface area contributed by atoms with E-state index in [1.54, 1.807) is 0 Å².